The Balaban J connectivity index is 1.69. The maximum absolute atomic E-state index is 12.8. The van der Waals surface area contributed by atoms with Crippen molar-refractivity contribution < 1.29 is 13.9 Å². The molecule has 122 valence electrons. The van der Waals surface area contributed by atoms with Crippen LogP contribution in [0.1, 0.15) is 12.5 Å². The van der Waals surface area contributed by atoms with Crippen LogP contribution in [0.3, 0.4) is 0 Å². The van der Waals surface area contributed by atoms with E-state index in [1.807, 2.05) is 19.1 Å². The zero-order chi connectivity index (χ0) is 16.7. The Labute approximate surface area is 139 Å². The van der Waals surface area contributed by atoms with Crippen LogP contribution in [0.25, 0.3) is 0 Å². The summed E-state index contributed by atoms with van der Waals surface area (Å²) in [7, 11) is 0. The summed E-state index contributed by atoms with van der Waals surface area (Å²) in [6.07, 6.45) is 0. The highest BCUT2D eigenvalue weighted by Crippen LogP contribution is 2.11. The number of urea groups is 1. The first-order valence-electron chi connectivity index (χ1n) is 7.20. The van der Waals surface area contributed by atoms with Crippen molar-refractivity contribution in [3.63, 3.8) is 0 Å². The van der Waals surface area contributed by atoms with E-state index in [0.29, 0.717) is 23.9 Å². The molecule has 0 aromatic heterocycles. The van der Waals surface area contributed by atoms with Crippen molar-refractivity contribution in [2.45, 2.75) is 19.5 Å². The van der Waals surface area contributed by atoms with Crippen LogP contribution < -0.4 is 15.4 Å². The van der Waals surface area contributed by atoms with Crippen LogP contribution in [-0.2, 0) is 6.54 Å². The van der Waals surface area contributed by atoms with Gasteiger partial charge in [-0.3, -0.25) is 0 Å². The van der Waals surface area contributed by atoms with Gasteiger partial charge in [-0.1, -0.05) is 23.7 Å². The summed E-state index contributed by atoms with van der Waals surface area (Å²) in [6, 6.07) is 12.5. The zero-order valence-corrected chi connectivity index (χ0v) is 13.4. The van der Waals surface area contributed by atoms with Crippen LogP contribution in [0.4, 0.5) is 9.18 Å². The monoisotopic (exact) mass is 336 g/mol. The molecule has 0 aliphatic heterocycles. The number of halogens is 2. The molecule has 23 heavy (non-hydrogen) atoms. The van der Waals surface area contributed by atoms with Crippen molar-refractivity contribution in [2.75, 3.05) is 6.61 Å². The molecule has 0 saturated heterocycles. The maximum Gasteiger partial charge on any atom is 0.315 e. The fraction of sp³-hybridized carbons (Fsp3) is 0.235. The van der Waals surface area contributed by atoms with Crippen LogP contribution in [0.15, 0.2) is 48.5 Å². The largest absolute Gasteiger partial charge is 0.491 e. The Morgan fingerprint density at radius 1 is 1.17 bits per heavy atom. The fourth-order valence-electron chi connectivity index (χ4n) is 1.85. The quantitative estimate of drug-likeness (QED) is 0.844. The van der Waals surface area contributed by atoms with Crippen LogP contribution in [0.2, 0.25) is 5.02 Å². The van der Waals surface area contributed by atoms with Gasteiger partial charge in [-0.2, -0.15) is 0 Å². The maximum atomic E-state index is 12.8. The lowest BCUT2D eigenvalue weighted by molar-refractivity contribution is 0.226. The van der Waals surface area contributed by atoms with E-state index in [0.717, 1.165) is 5.56 Å². The third-order valence-corrected chi connectivity index (χ3v) is 3.31. The van der Waals surface area contributed by atoms with Crippen molar-refractivity contribution in [1.29, 1.82) is 0 Å². The van der Waals surface area contributed by atoms with E-state index in [2.05, 4.69) is 10.6 Å². The minimum Gasteiger partial charge on any atom is -0.491 e. The lowest BCUT2D eigenvalue weighted by Crippen LogP contribution is -2.42. The molecule has 0 fully saturated rings. The summed E-state index contributed by atoms with van der Waals surface area (Å²) in [6.45, 7) is 2.53. The molecule has 2 rings (SSSR count). The second-order valence-corrected chi connectivity index (χ2v) is 5.56. The number of rotatable bonds is 6. The third kappa shape index (κ3) is 6.16. The molecule has 0 bridgehead atoms. The molecule has 6 heteroatoms. The molecule has 0 radical (unpaired) electrons. The van der Waals surface area contributed by atoms with Gasteiger partial charge in [-0.15, -0.1) is 0 Å². The predicted octanol–water partition coefficient (Wildman–Crippen LogP) is 3.75. The second-order valence-electron chi connectivity index (χ2n) is 5.12. The smallest absolute Gasteiger partial charge is 0.315 e. The van der Waals surface area contributed by atoms with Gasteiger partial charge in [-0.05, 0) is 48.9 Å². The average molecular weight is 337 g/mol. The molecule has 2 aromatic rings. The first kappa shape index (κ1) is 17.1. The van der Waals surface area contributed by atoms with E-state index < -0.39 is 0 Å². The molecule has 2 amide bonds. The SMILES string of the molecule is CC(COc1ccc(F)cc1)NC(=O)NCc1ccc(Cl)cc1. The second kappa shape index (κ2) is 8.39. The van der Waals surface area contributed by atoms with E-state index in [1.165, 1.54) is 12.1 Å². The lowest BCUT2D eigenvalue weighted by Gasteiger charge is -2.15. The molecule has 1 atom stereocenters. The Bertz CT molecular complexity index is 632. The van der Waals surface area contributed by atoms with Gasteiger partial charge in [0.2, 0.25) is 0 Å². The Morgan fingerprint density at radius 2 is 1.83 bits per heavy atom. The molecule has 0 spiro atoms. The molecular weight excluding hydrogens is 319 g/mol. The predicted molar refractivity (Wildman–Crippen MR) is 88.2 cm³/mol. The van der Waals surface area contributed by atoms with E-state index in [-0.39, 0.29) is 17.9 Å². The van der Waals surface area contributed by atoms with E-state index in [4.69, 9.17) is 16.3 Å². The molecular formula is C17H18ClFN2O2. The van der Waals surface area contributed by atoms with Gasteiger partial charge >= 0.3 is 6.03 Å². The zero-order valence-electron chi connectivity index (χ0n) is 12.7. The van der Waals surface area contributed by atoms with E-state index in [9.17, 15) is 9.18 Å². The van der Waals surface area contributed by atoms with Crippen LogP contribution in [0.5, 0.6) is 5.75 Å². The molecule has 1 unspecified atom stereocenters. The van der Waals surface area contributed by atoms with Gasteiger partial charge in [-0.25, -0.2) is 9.18 Å². The number of carbonyl (C=O) groups excluding carboxylic acids is 1. The first-order valence-corrected chi connectivity index (χ1v) is 7.58. The molecule has 2 aromatic carbocycles. The molecule has 0 saturated carbocycles. The van der Waals surface area contributed by atoms with Crippen molar-refractivity contribution in [3.8, 4) is 5.75 Å². The van der Waals surface area contributed by atoms with Gasteiger partial charge < -0.3 is 15.4 Å². The minimum absolute atomic E-state index is 0.190. The molecule has 0 aliphatic carbocycles. The normalized spacial score (nSPS) is 11.6. The molecule has 0 aliphatic rings. The van der Waals surface area contributed by atoms with Gasteiger partial charge in [0, 0.05) is 11.6 Å². The number of amides is 2. The fourth-order valence-corrected chi connectivity index (χ4v) is 1.98. The van der Waals surface area contributed by atoms with Gasteiger partial charge in [0.15, 0.2) is 0 Å². The van der Waals surface area contributed by atoms with Gasteiger partial charge in [0.1, 0.15) is 18.2 Å². The highest BCUT2D eigenvalue weighted by Gasteiger charge is 2.08. The summed E-state index contributed by atoms with van der Waals surface area (Å²) in [4.78, 5) is 11.8. The number of nitrogens with one attached hydrogen (secondary N) is 2. The third-order valence-electron chi connectivity index (χ3n) is 3.06. The van der Waals surface area contributed by atoms with E-state index in [1.54, 1.807) is 24.3 Å². The van der Waals surface area contributed by atoms with Crippen molar-refractivity contribution >= 4 is 17.6 Å². The Hall–Kier alpha value is -2.27. The van der Waals surface area contributed by atoms with Crippen molar-refractivity contribution in [3.05, 3.63) is 64.9 Å². The average Bonchev–Trinajstić information content (AvgIpc) is 2.54. The van der Waals surface area contributed by atoms with Gasteiger partial charge in [0.05, 0.1) is 6.04 Å². The standard InChI is InChI=1S/C17H18ClFN2O2/c1-12(11-23-16-8-6-15(19)7-9-16)21-17(22)20-10-13-2-4-14(18)5-3-13/h2-9,12H,10-11H2,1H3,(H2,20,21,22). The van der Waals surface area contributed by atoms with Gasteiger partial charge in [0.25, 0.3) is 0 Å². The highest BCUT2D eigenvalue weighted by molar-refractivity contribution is 6.30. The number of ether oxygens (including phenoxy) is 1. The minimum atomic E-state index is -0.315. The number of benzene rings is 2. The summed E-state index contributed by atoms with van der Waals surface area (Å²) in [5.41, 5.74) is 0.958. The number of hydrogen-bond donors (Lipinski definition) is 2. The van der Waals surface area contributed by atoms with Crippen molar-refractivity contribution in [2.24, 2.45) is 0 Å². The first-order chi connectivity index (χ1) is 11.0. The van der Waals surface area contributed by atoms with Crippen LogP contribution in [-0.4, -0.2) is 18.7 Å². The van der Waals surface area contributed by atoms with Crippen LogP contribution in [0, 0.1) is 5.82 Å². The summed E-state index contributed by atoms with van der Waals surface area (Å²) in [5.74, 6) is 0.242. The molecule has 0 heterocycles. The topological polar surface area (TPSA) is 50.4 Å². The van der Waals surface area contributed by atoms with E-state index >= 15 is 0 Å². The highest BCUT2D eigenvalue weighted by atomic mass is 35.5. The molecule has 4 nitrogen and oxygen atoms in total. The van der Waals surface area contributed by atoms with Crippen LogP contribution >= 0.6 is 11.6 Å². The lowest BCUT2D eigenvalue weighted by atomic mass is 10.2. The Morgan fingerprint density at radius 3 is 2.48 bits per heavy atom. The Kier molecular flexibility index (Phi) is 6.23. The number of carbonyl (C=O) groups is 1. The van der Waals surface area contributed by atoms with Crippen molar-refractivity contribution in [1.82, 2.24) is 10.6 Å². The summed E-state index contributed by atoms with van der Waals surface area (Å²) >= 11 is 5.80. The summed E-state index contributed by atoms with van der Waals surface area (Å²) in [5, 5.41) is 6.18. The number of hydrogen-bond acceptors (Lipinski definition) is 2. The molecule has 2 N–H and O–H groups in total. The summed E-state index contributed by atoms with van der Waals surface area (Å²) < 4.78 is 18.3.